The van der Waals surface area contributed by atoms with E-state index in [1.807, 2.05) is 0 Å². The summed E-state index contributed by atoms with van der Waals surface area (Å²) >= 11 is 6.48. The molecular formula is C48H52ClF4NO7. The molecule has 8 atom stereocenters. The van der Waals surface area contributed by atoms with Gasteiger partial charge < -0.3 is 29.3 Å². The van der Waals surface area contributed by atoms with Crippen molar-refractivity contribution in [2.75, 3.05) is 20.8 Å². The minimum Gasteiger partial charge on any atom is -0.493 e. The highest BCUT2D eigenvalue weighted by atomic mass is 35.5. The minimum atomic E-state index is -4.87. The van der Waals surface area contributed by atoms with Crippen molar-refractivity contribution < 1.29 is 51.6 Å². The molecule has 0 aliphatic heterocycles. The average molecular weight is 866 g/mol. The van der Waals surface area contributed by atoms with E-state index in [9.17, 15) is 33.0 Å². The van der Waals surface area contributed by atoms with Gasteiger partial charge >= 0.3 is 6.36 Å². The third-order valence-electron chi connectivity index (χ3n) is 15.6. The summed E-state index contributed by atoms with van der Waals surface area (Å²) in [4.78, 5) is 30.9. The van der Waals surface area contributed by atoms with E-state index in [0.717, 1.165) is 6.42 Å². The smallest absolute Gasteiger partial charge is 0.493 e. The van der Waals surface area contributed by atoms with Gasteiger partial charge in [-0.3, -0.25) is 9.59 Å². The molecule has 326 valence electrons. The summed E-state index contributed by atoms with van der Waals surface area (Å²) in [7, 11) is 3.01. The van der Waals surface area contributed by atoms with Crippen molar-refractivity contribution in [2.24, 2.45) is 33.5 Å². The van der Waals surface area contributed by atoms with Gasteiger partial charge in [0.05, 0.1) is 38.9 Å². The van der Waals surface area contributed by atoms with Gasteiger partial charge in [0.15, 0.2) is 17.3 Å². The van der Waals surface area contributed by atoms with Crippen LogP contribution in [0, 0.1) is 39.3 Å². The zero-order valence-electron chi connectivity index (χ0n) is 34.8. The Morgan fingerprint density at radius 1 is 0.869 bits per heavy atom. The number of rotatable bonds is 12. The van der Waals surface area contributed by atoms with Crippen molar-refractivity contribution in [2.45, 2.75) is 96.2 Å². The second-order valence-electron chi connectivity index (χ2n) is 18.4. The molecule has 1 amide bonds. The average Bonchev–Trinajstić information content (AvgIpc) is 3.48. The second kappa shape index (κ2) is 15.4. The molecule has 3 saturated carbocycles. The first-order valence-electron chi connectivity index (χ1n) is 20.9. The van der Waals surface area contributed by atoms with E-state index >= 15 is 4.39 Å². The van der Waals surface area contributed by atoms with Gasteiger partial charge in [-0.2, -0.15) is 0 Å². The van der Waals surface area contributed by atoms with Crippen LogP contribution in [0.5, 0.6) is 17.2 Å². The Bertz CT molecular complexity index is 2260. The van der Waals surface area contributed by atoms with E-state index in [1.54, 1.807) is 29.2 Å². The molecule has 2 N–H and O–H groups in total. The number of ketones is 1. The number of Topliss-reactive ketones (excluding diaryl/α,β-unsaturated/α-hetero) is 1. The SMILES string of the molecule is COc1ccc(CC(=O)N(Cc2ccc(OC(F)(F)F)cc2)CC2(O)CCC3C45C=CC6(C=C4C(=O)Cc4c(F)cccc4Cl)CC(O)CCC6(C)C5CCC32C)cc1OC. The maximum Gasteiger partial charge on any atom is 0.573 e. The van der Waals surface area contributed by atoms with Crippen LogP contribution in [0.1, 0.15) is 75.5 Å². The van der Waals surface area contributed by atoms with E-state index in [2.05, 4.69) is 36.8 Å². The van der Waals surface area contributed by atoms with Gasteiger partial charge in [-0.1, -0.05) is 67.9 Å². The highest BCUT2D eigenvalue weighted by Crippen LogP contribution is 2.78. The lowest BCUT2D eigenvalue weighted by molar-refractivity contribution is -0.274. The van der Waals surface area contributed by atoms with Crippen LogP contribution in [-0.4, -0.2) is 65.6 Å². The normalized spacial score (nSPS) is 32.3. The van der Waals surface area contributed by atoms with Gasteiger partial charge in [-0.15, -0.1) is 13.2 Å². The van der Waals surface area contributed by atoms with Crippen molar-refractivity contribution >= 4 is 23.3 Å². The molecule has 2 spiro atoms. The predicted octanol–water partition coefficient (Wildman–Crippen LogP) is 9.37. The van der Waals surface area contributed by atoms with Crippen LogP contribution >= 0.6 is 11.6 Å². The summed E-state index contributed by atoms with van der Waals surface area (Å²) in [6.07, 6.45) is 4.68. The van der Waals surface area contributed by atoms with Crippen LogP contribution in [0.25, 0.3) is 0 Å². The number of aliphatic hydroxyl groups excluding tert-OH is 1. The summed E-state index contributed by atoms with van der Waals surface area (Å²) in [5, 5.41) is 24.4. The molecule has 0 aromatic heterocycles. The lowest BCUT2D eigenvalue weighted by Crippen LogP contribution is -2.67. The number of aliphatic hydroxyl groups is 2. The molecule has 3 fully saturated rings. The van der Waals surface area contributed by atoms with Gasteiger partial charge in [0.2, 0.25) is 5.91 Å². The maximum atomic E-state index is 15.3. The molecule has 3 aromatic rings. The van der Waals surface area contributed by atoms with E-state index < -0.39 is 45.9 Å². The molecule has 8 unspecified atom stereocenters. The van der Waals surface area contributed by atoms with Gasteiger partial charge in [0.1, 0.15) is 11.6 Å². The van der Waals surface area contributed by atoms with Crippen molar-refractivity contribution in [1.29, 1.82) is 0 Å². The predicted molar refractivity (Wildman–Crippen MR) is 220 cm³/mol. The summed E-state index contributed by atoms with van der Waals surface area (Å²) in [6.45, 7) is 4.24. The fourth-order valence-electron chi connectivity index (χ4n) is 12.5. The Morgan fingerprint density at radius 3 is 2.23 bits per heavy atom. The molecule has 13 heteroatoms. The van der Waals surface area contributed by atoms with Crippen molar-refractivity contribution in [3.05, 3.63) is 112 Å². The first-order chi connectivity index (χ1) is 28.8. The molecule has 2 bridgehead atoms. The fourth-order valence-corrected chi connectivity index (χ4v) is 12.7. The number of alkyl halides is 3. The number of carbonyl (C=O) groups is 2. The highest BCUT2D eigenvalue weighted by Gasteiger charge is 2.74. The molecule has 0 radical (unpaired) electrons. The lowest BCUT2D eigenvalue weighted by atomic mass is 9.32. The monoisotopic (exact) mass is 865 g/mol. The molecular weight excluding hydrogens is 814 g/mol. The van der Waals surface area contributed by atoms with E-state index in [1.165, 1.54) is 50.6 Å². The van der Waals surface area contributed by atoms with Gasteiger partial charge in [-0.25, -0.2) is 4.39 Å². The standard InChI is InChI=1S/C48H52ClF4NO7/c1-43-17-14-31(55)25-45(43)20-21-47(34(26-45)37(56)24-33-35(49)6-5-7-36(33)50)40(43)15-18-44(2)41(47)16-19-46(44,58)28-54(27-29-8-11-32(12-9-29)61-48(51,52)53)42(57)23-30-10-13-38(59-3)39(22-30)60-4/h5-13,20-22,26,31,40-41,55,58H,14-19,23-25,27-28H2,1-4H3. The number of amides is 1. The van der Waals surface area contributed by atoms with E-state index in [-0.39, 0.29) is 65.5 Å². The Balaban J connectivity index is 1.16. The van der Waals surface area contributed by atoms with Crippen molar-refractivity contribution in [3.63, 3.8) is 0 Å². The molecule has 6 aliphatic rings. The zero-order chi connectivity index (χ0) is 43.8. The number of hydrogen-bond acceptors (Lipinski definition) is 7. The van der Waals surface area contributed by atoms with Gasteiger partial charge in [-0.05, 0) is 110 Å². The zero-order valence-corrected chi connectivity index (χ0v) is 35.5. The molecule has 61 heavy (non-hydrogen) atoms. The van der Waals surface area contributed by atoms with Crippen LogP contribution in [0.3, 0.4) is 0 Å². The van der Waals surface area contributed by atoms with E-state index in [0.29, 0.717) is 66.7 Å². The minimum absolute atomic E-state index is 0.00883. The number of nitrogens with zero attached hydrogens (tertiary/aromatic N) is 1. The summed E-state index contributed by atoms with van der Waals surface area (Å²) in [5.74, 6) is -0.860. The van der Waals surface area contributed by atoms with Gasteiger partial charge in [0.25, 0.3) is 0 Å². The topological polar surface area (TPSA) is 106 Å². The number of methoxy groups -OCH3 is 2. The Labute approximate surface area is 358 Å². The lowest BCUT2D eigenvalue weighted by Gasteiger charge is -2.71. The number of allylic oxidation sites excluding steroid dienone is 4. The van der Waals surface area contributed by atoms with Crippen LogP contribution in [0.2, 0.25) is 5.02 Å². The van der Waals surface area contributed by atoms with Crippen LogP contribution < -0.4 is 14.2 Å². The number of fused-ring (bicyclic) bond motifs is 1. The van der Waals surface area contributed by atoms with Crippen LogP contribution in [0.4, 0.5) is 17.6 Å². The Kier molecular flexibility index (Phi) is 11.0. The summed E-state index contributed by atoms with van der Waals surface area (Å²) in [6, 6.07) is 14.9. The molecule has 0 heterocycles. The first kappa shape index (κ1) is 43.3. The molecule has 0 saturated heterocycles. The van der Waals surface area contributed by atoms with Crippen molar-refractivity contribution in [1.82, 2.24) is 4.90 Å². The number of halogens is 5. The van der Waals surface area contributed by atoms with Crippen molar-refractivity contribution in [3.8, 4) is 17.2 Å². The second-order valence-corrected chi connectivity index (χ2v) is 18.8. The number of hydrogen-bond donors (Lipinski definition) is 2. The largest absolute Gasteiger partial charge is 0.573 e. The van der Waals surface area contributed by atoms with E-state index in [4.69, 9.17) is 21.1 Å². The number of ether oxygens (including phenoxy) is 3. The van der Waals surface area contributed by atoms with Gasteiger partial charge in [0, 0.05) is 45.4 Å². The number of benzene rings is 3. The van der Waals surface area contributed by atoms with Crippen LogP contribution in [0.15, 0.2) is 84.5 Å². The molecule has 6 aliphatic carbocycles. The number of carbonyl (C=O) groups excluding carboxylic acids is 2. The van der Waals surface area contributed by atoms with Crippen LogP contribution in [-0.2, 0) is 29.0 Å². The third kappa shape index (κ3) is 7.14. The summed E-state index contributed by atoms with van der Waals surface area (Å²) < 4.78 is 69.2. The highest BCUT2D eigenvalue weighted by molar-refractivity contribution is 6.31. The quantitative estimate of drug-likeness (QED) is 0.138. The summed E-state index contributed by atoms with van der Waals surface area (Å²) in [5.41, 5.74) is -2.11. The Morgan fingerprint density at radius 2 is 1.54 bits per heavy atom. The third-order valence-corrected chi connectivity index (χ3v) is 15.9. The first-order valence-corrected chi connectivity index (χ1v) is 21.3. The molecule has 9 rings (SSSR count). The fraction of sp³-hybridized carbons (Fsp3) is 0.500. The maximum absolute atomic E-state index is 15.3. The Hall–Kier alpha value is -4.39. The molecule has 8 nitrogen and oxygen atoms in total. The molecule has 3 aromatic carbocycles.